The summed E-state index contributed by atoms with van der Waals surface area (Å²) in [6.07, 6.45) is 8.15. The molecule has 3 rings (SSSR count). The molecule has 2 aliphatic rings. The standard InChI is InChI=1S/C16H24N2O/c1-2-6-16(5-1)19-17-13-14-7-9-15(10-8-14)18-11-3-4-12-18/h7-10,16-17H,1-6,11-13H2. The molecule has 0 bridgehead atoms. The maximum atomic E-state index is 5.68. The molecule has 0 unspecified atom stereocenters. The molecule has 104 valence electrons. The van der Waals surface area contributed by atoms with Crippen molar-refractivity contribution in [3.63, 3.8) is 0 Å². The van der Waals surface area contributed by atoms with Gasteiger partial charge in [-0.2, -0.15) is 5.48 Å². The van der Waals surface area contributed by atoms with E-state index in [-0.39, 0.29) is 0 Å². The minimum absolute atomic E-state index is 0.434. The van der Waals surface area contributed by atoms with Gasteiger partial charge in [-0.25, -0.2) is 0 Å². The lowest BCUT2D eigenvalue weighted by Gasteiger charge is -2.18. The Morgan fingerprint density at radius 3 is 2.37 bits per heavy atom. The molecule has 0 spiro atoms. The van der Waals surface area contributed by atoms with Gasteiger partial charge in [0.2, 0.25) is 0 Å². The van der Waals surface area contributed by atoms with E-state index in [4.69, 9.17) is 4.84 Å². The van der Waals surface area contributed by atoms with Crippen molar-refractivity contribution in [3.8, 4) is 0 Å². The van der Waals surface area contributed by atoms with Gasteiger partial charge in [0, 0.05) is 25.3 Å². The van der Waals surface area contributed by atoms with Crippen LogP contribution in [0.4, 0.5) is 5.69 Å². The number of nitrogens with zero attached hydrogens (tertiary/aromatic N) is 1. The predicted molar refractivity (Wildman–Crippen MR) is 78.1 cm³/mol. The Kier molecular flexibility index (Phi) is 4.36. The van der Waals surface area contributed by atoms with E-state index in [1.54, 1.807) is 0 Å². The van der Waals surface area contributed by atoms with E-state index >= 15 is 0 Å². The Labute approximate surface area is 115 Å². The molecule has 1 aliphatic heterocycles. The van der Waals surface area contributed by atoms with Crippen molar-refractivity contribution < 1.29 is 4.84 Å². The summed E-state index contributed by atoms with van der Waals surface area (Å²) in [6.45, 7) is 3.22. The van der Waals surface area contributed by atoms with Crippen LogP contribution >= 0.6 is 0 Å². The summed E-state index contributed by atoms with van der Waals surface area (Å²) in [4.78, 5) is 8.14. The molecule has 0 radical (unpaired) electrons. The zero-order valence-corrected chi connectivity index (χ0v) is 11.6. The van der Waals surface area contributed by atoms with Crippen LogP contribution in [0.15, 0.2) is 24.3 Å². The quantitative estimate of drug-likeness (QED) is 0.822. The van der Waals surface area contributed by atoms with E-state index in [1.165, 1.54) is 62.9 Å². The van der Waals surface area contributed by atoms with Crippen molar-refractivity contribution in [1.29, 1.82) is 0 Å². The van der Waals surface area contributed by atoms with Crippen LogP contribution in [-0.2, 0) is 11.4 Å². The molecule has 3 nitrogen and oxygen atoms in total. The Morgan fingerprint density at radius 1 is 1.00 bits per heavy atom. The van der Waals surface area contributed by atoms with Gasteiger partial charge in [0.25, 0.3) is 0 Å². The van der Waals surface area contributed by atoms with Gasteiger partial charge >= 0.3 is 0 Å². The van der Waals surface area contributed by atoms with Crippen LogP contribution in [0.5, 0.6) is 0 Å². The topological polar surface area (TPSA) is 24.5 Å². The third kappa shape index (κ3) is 3.48. The Balaban J connectivity index is 1.45. The summed E-state index contributed by atoms with van der Waals surface area (Å²) < 4.78 is 0. The number of hydrogen-bond donors (Lipinski definition) is 1. The van der Waals surface area contributed by atoms with Gasteiger partial charge in [0.15, 0.2) is 0 Å². The summed E-state index contributed by atoms with van der Waals surface area (Å²) in [5, 5.41) is 0. The molecule has 0 amide bonds. The molecule has 1 aromatic carbocycles. The van der Waals surface area contributed by atoms with E-state index in [0.29, 0.717) is 6.10 Å². The first-order chi connectivity index (χ1) is 9.42. The second kappa shape index (κ2) is 6.40. The molecule has 0 atom stereocenters. The highest BCUT2D eigenvalue weighted by atomic mass is 16.7. The third-order valence-electron chi connectivity index (χ3n) is 4.24. The minimum Gasteiger partial charge on any atom is -0.372 e. The van der Waals surface area contributed by atoms with E-state index in [9.17, 15) is 0 Å². The van der Waals surface area contributed by atoms with Crippen molar-refractivity contribution in [2.45, 2.75) is 51.2 Å². The van der Waals surface area contributed by atoms with Crippen LogP contribution in [0, 0.1) is 0 Å². The highest BCUT2D eigenvalue weighted by molar-refractivity contribution is 5.48. The van der Waals surface area contributed by atoms with Crippen molar-refractivity contribution in [1.82, 2.24) is 5.48 Å². The first-order valence-electron chi connectivity index (χ1n) is 7.64. The molecule has 0 aromatic heterocycles. The van der Waals surface area contributed by atoms with Crippen LogP contribution in [0.2, 0.25) is 0 Å². The van der Waals surface area contributed by atoms with Gasteiger partial charge in [0.05, 0.1) is 6.10 Å². The fourth-order valence-electron chi connectivity index (χ4n) is 3.05. The monoisotopic (exact) mass is 260 g/mol. The molecule has 1 saturated carbocycles. The van der Waals surface area contributed by atoms with Crippen molar-refractivity contribution in [3.05, 3.63) is 29.8 Å². The predicted octanol–water partition coefficient (Wildman–Crippen LogP) is 3.25. The molecule has 1 heterocycles. The minimum atomic E-state index is 0.434. The maximum Gasteiger partial charge on any atom is 0.0790 e. The zero-order chi connectivity index (χ0) is 12.9. The SMILES string of the molecule is c1cc(N2CCCC2)ccc1CNOC1CCCC1. The molecule has 1 saturated heterocycles. The van der Waals surface area contributed by atoms with Gasteiger partial charge in [-0.05, 0) is 43.4 Å². The van der Waals surface area contributed by atoms with Gasteiger partial charge in [-0.3, -0.25) is 4.84 Å². The summed E-state index contributed by atoms with van der Waals surface area (Å²) in [5.41, 5.74) is 5.77. The largest absolute Gasteiger partial charge is 0.372 e. The lowest BCUT2D eigenvalue weighted by atomic mass is 10.2. The fraction of sp³-hybridized carbons (Fsp3) is 0.625. The molecule has 3 heteroatoms. The van der Waals surface area contributed by atoms with Gasteiger partial charge < -0.3 is 4.90 Å². The number of nitrogens with one attached hydrogen (secondary N) is 1. The average molecular weight is 260 g/mol. The molecule has 2 fully saturated rings. The normalized spacial score (nSPS) is 20.3. The number of benzene rings is 1. The maximum absolute atomic E-state index is 5.68. The Morgan fingerprint density at radius 2 is 1.68 bits per heavy atom. The highest BCUT2D eigenvalue weighted by Crippen LogP contribution is 2.21. The van der Waals surface area contributed by atoms with Crippen LogP contribution in [0.25, 0.3) is 0 Å². The van der Waals surface area contributed by atoms with Crippen molar-refractivity contribution >= 4 is 5.69 Å². The van der Waals surface area contributed by atoms with Crippen LogP contribution < -0.4 is 10.4 Å². The summed E-state index contributed by atoms with van der Waals surface area (Å²) in [6, 6.07) is 8.88. The molecule has 1 aromatic rings. The van der Waals surface area contributed by atoms with Gasteiger partial charge in [-0.15, -0.1) is 0 Å². The van der Waals surface area contributed by atoms with Gasteiger partial charge in [0.1, 0.15) is 0 Å². The van der Waals surface area contributed by atoms with E-state index in [1.807, 2.05) is 0 Å². The molecular weight excluding hydrogens is 236 g/mol. The number of rotatable bonds is 5. The molecule has 1 aliphatic carbocycles. The first-order valence-corrected chi connectivity index (χ1v) is 7.64. The second-order valence-electron chi connectivity index (χ2n) is 5.71. The highest BCUT2D eigenvalue weighted by Gasteiger charge is 2.15. The zero-order valence-electron chi connectivity index (χ0n) is 11.6. The van der Waals surface area contributed by atoms with Crippen molar-refractivity contribution in [2.75, 3.05) is 18.0 Å². The summed E-state index contributed by atoms with van der Waals surface area (Å²) >= 11 is 0. The van der Waals surface area contributed by atoms with Crippen LogP contribution in [0.3, 0.4) is 0 Å². The number of anilines is 1. The van der Waals surface area contributed by atoms with E-state index in [2.05, 4.69) is 34.6 Å². The second-order valence-corrected chi connectivity index (χ2v) is 5.71. The van der Waals surface area contributed by atoms with Crippen LogP contribution in [0.1, 0.15) is 44.1 Å². The van der Waals surface area contributed by atoms with E-state index < -0.39 is 0 Å². The fourth-order valence-corrected chi connectivity index (χ4v) is 3.05. The summed E-state index contributed by atoms with van der Waals surface area (Å²) in [5.74, 6) is 0. The Hall–Kier alpha value is -1.06. The average Bonchev–Trinajstić information content (AvgIpc) is 3.13. The van der Waals surface area contributed by atoms with Gasteiger partial charge in [-0.1, -0.05) is 25.0 Å². The first kappa shape index (κ1) is 12.9. The smallest absolute Gasteiger partial charge is 0.0790 e. The molecule has 19 heavy (non-hydrogen) atoms. The summed E-state index contributed by atoms with van der Waals surface area (Å²) in [7, 11) is 0. The van der Waals surface area contributed by atoms with Crippen molar-refractivity contribution in [2.24, 2.45) is 0 Å². The number of hydrogen-bond acceptors (Lipinski definition) is 3. The van der Waals surface area contributed by atoms with E-state index in [0.717, 1.165) is 6.54 Å². The lowest BCUT2D eigenvalue weighted by Crippen LogP contribution is -2.21. The Bertz CT molecular complexity index is 378. The number of hydroxylamine groups is 1. The third-order valence-corrected chi connectivity index (χ3v) is 4.24. The van der Waals surface area contributed by atoms with Crippen LogP contribution in [-0.4, -0.2) is 19.2 Å². The molecule has 1 N–H and O–H groups in total. The lowest BCUT2D eigenvalue weighted by molar-refractivity contribution is -0.0244. The molecular formula is C16H24N2O.